The summed E-state index contributed by atoms with van der Waals surface area (Å²) in [6, 6.07) is 16.0. The first kappa shape index (κ1) is 15.1. The van der Waals surface area contributed by atoms with E-state index in [4.69, 9.17) is 0 Å². The number of hydrogen-bond donors (Lipinski definition) is 2. The molecule has 0 saturated heterocycles. The van der Waals surface area contributed by atoms with Crippen molar-refractivity contribution in [1.82, 2.24) is 10.3 Å². The number of pyridine rings is 1. The number of benzene rings is 2. The van der Waals surface area contributed by atoms with Crippen LogP contribution in [0.2, 0.25) is 0 Å². The van der Waals surface area contributed by atoms with Crippen molar-refractivity contribution in [3.8, 4) is 0 Å². The molecule has 1 heterocycles. The molecule has 5 heteroatoms. The van der Waals surface area contributed by atoms with Crippen molar-refractivity contribution >= 4 is 44.1 Å². The standard InChI is InChI=1S/C19H16BrN3O/c20-12-6-9-17-15(10-12)18(22-13-4-2-1-3-5-13)16(11-21-17)19(24)23-14-7-8-14/h1-6,9-11,14H,7-8H2,(H,21,22)(H,23,24). The van der Waals surface area contributed by atoms with Crippen LogP contribution in [0, 0.1) is 0 Å². The number of nitrogens with zero attached hydrogens (tertiary/aromatic N) is 1. The maximum absolute atomic E-state index is 12.6. The van der Waals surface area contributed by atoms with Gasteiger partial charge >= 0.3 is 0 Å². The number of aromatic nitrogens is 1. The van der Waals surface area contributed by atoms with Gasteiger partial charge in [-0.15, -0.1) is 0 Å². The minimum atomic E-state index is -0.0784. The maximum Gasteiger partial charge on any atom is 0.255 e. The van der Waals surface area contributed by atoms with Crippen LogP contribution in [0.5, 0.6) is 0 Å². The van der Waals surface area contributed by atoms with Crippen LogP contribution in [0.3, 0.4) is 0 Å². The molecule has 1 amide bonds. The molecule has 1 aromatic heterocycles. The fourth-order valence-corrected chi connectivity index (χ4v) is 2.99. The van der Waals surface area contributed by atoms with E-state index in [1.807, 2.05) is 48.5 Å². The summed E-state index contributed by atoms with van der Waals surface area (Å²) in [6.07, 6.45) is 3.76. The molecule has 0 spiro atoms. The first-order chi connectivity index (χ1) is 11.7. The van der Waals surface area contributed by atoms with Crippen molar-refractivity contribution in [2.45, 2.75) is 18.9 Å². The molecule has 1 fully saturated rings. The van der Waals surface area contributed by atoms with Gasteiger partial charge in [0.1, 0.15) is 0 Å². The van der Waals surface area contributed by atoms with Crippen molar-refractivity contribution in [3.63, 3.8) is 0 Å². The van der Waals surface area contributed by atoms with Crippen molar-refractivity contribution < 1.29 is 4.79 Å². The summed E-state index contributed by atoms with van der Waals surface area (Å²) in [5.74, 6) is -0.0784. The summed E-state index contributed by atoms with van der Waals surface area (Å²) in [5, 5.41) is 7.35. The quantitative estimate of drug-likeness (QED) is 0.692. The van der Waals surface area contributed by atoms with Crippen LogP contribution in [0.4, 0.5) is 11.4 Å². The average molecular weight is 382 g/mol. The van der Waals surface area contributed by atoms with Gasteiger partial charge < -0.3 is 10.6 Å². The Bertz CT molecular complexity index is 907. The van der Waals surface area contributed by atoms with Gasteiger partial charge in [0.25, 0.3) is 5.91 Å². The highest BCUT2D eigenvalue weighted by molar-refractivity contribution is 9.10. The summed E-state index contributed by atoms with van der Waals surface area (Å²) in [7, 11) is 0. The summed E-state index contributed by atoms with van der Waals surface area (Å²) in [4.78, 5) is 17.1. The fourth-order valence-electron chi connectivity index (χ4n) is 2.63. The van der Waals surface area contributed by atoms with E-state index < -0.39 is 0 Å². The number of nitrogens with one attached hydrogen (secondary N) is 2. The molecule has 1 aliphatic carbocycles. The minimum absolute atomic E-state index is 0.0784. The van der Waals surface area contributed by atoms with Crippen molar-refractivity contribution in [2.75, 3.05) is 5.32 Å². The molecule has 0 radical (unpaired) electrons. The van der Waals surface area contributed by atoms with E-state index in [1.54, 1.807) is 6.20 Å². The lowest BCUT2D eigenvalue weighted by Crippen LogP contribution is -2.26. The van der Waals surface area contributed by atoms with E-state index in [1.165, 1.54) is 0 Å². The van der Waals surface area contributed by atoms with Crippen LogP contribution < -0.4 is 10.6 Å². The highest BCUT2D eigenvalue weighted by Crippen LogP contribution is 2.31. The van der Waals surface area contributed by atoms with Crippen molar-refractivity contribution in [2.24, 2.45) is 0 Å². The molecule has 2 aromatic carbocycles. The topological polar surface area (TPSA) is 54.0 Å². The monoisotopic (exact) mass is 381 g/mol. The second kappa shape index (κ2) is 6.24. The van der Waals surface area contributed by atoms with Gasteiger partial charge in [0, 0.05) is 27.8 Å². The molecule has 0 unspecified atom stereocenters. The molecule has 1 aliphatic rings. The molecule has 0 aliphatic heterocycles. The van der Waals surface area contributed by atoms with E-state index in [2.05, 4.69) is 31.5 Å². The molecule has 24 heavy (non-hydrogen) atoms. The molecule has 0 bridgehead atoms. The van der Waals surface area contributed by atoms with Crippen LogP contribution in [0.15, 0.2) is 59.2 Å². The third kappa shape index (κ3) is 3.12. The lowest BCUT2D eigenvalue weighted by Gasteiger charge is -2.15. The number of carbonyl (C=O) groups excluding carboxylic acids is 1. The Kier molecular flexibility index (Phi) is 3.94. The maximum atomic E-state index is 12.6. The van der Waals surface area contributed by atoms with Crippen LogP contribution in [-0.2, 0) is 0 Å². The predicted octanol–water partition coefficient (Wildman–Crippen LogP) is 4.63. The molecule has 1 saturated carbocycles. The van der Waals surface area contributed by atoms with E-state index in [9.17, 15) is 4.79 Å². The Labute approximate surface area is 148 Å². The Hall–Kier alpha value is -2.40. The smallest absolute Gasteiger partial charge is 0.255 e. The number of fused-ring (bicyclic) bond motifs is 1. The minimum Gasteiger partial charge on any atom is -0.354 e. The molecule has 4 nitrogen and oxygen atoms in total. The number of carbonyl (C=O) groups is 1. The van der Waals surface area contributed by atoms with Crippen LogP contribution >= 0.6 is 15.9 Å². The number of anilines is 2. The normalized spacial score (nSPS) is 13.7. The first-order valence-corrected chi connectivity index (χ1v) is 8.71. The lowest BCUT2D eigenvalue weighted by atomic mass is 10.1. The number of para-hydroxylation sites is 1. The largest absolute Gasteiger partial charge is 0.354 e. The Morgan fingerprint density at radius 1 is 1.12 bits per heavy atom. The van der Waals surface area contributed by atoms with Gasteiger partial charge in [-0.1, -0.05) is 34.1 Å². The molecular formula is C19H16BrN3O. The lowest BCUT2D eigenvalue weighted by molar-refractivity contribution is 0.0951. The number of amides is 1. The van der Waals surface area contributed by atoms with Gasteiger partial charge in [-0.2, -0.15) is 0 Å². The highest BCUT2D eigenvalue weighted by atomic mass is 79.9. The van der Waals surface area contributed by atoms with E-state index in [0.29, 0.717) is 11.6 Å². The van der Waals surface area contributed by atoms with Gasteiger partial charge in [-0.25, -0.2) is 0 Å². The van der Waals surface area contributed by atoms with E-state index >= 15 is 0 Å². The SMILES string of the molecule is O=C(NC1CC1)c1cnc2ccc(Br)cc2c1Nc1ccccc1. The van der Waals surface area contributed by atoms with Crippen molar-refractivity contribution in [3.05, 3.63) is 64.8 Å². The van der Waals surface area contributed by atoms with Gasteiger partial charge in [0.15, 0.2) is 0 Å². The second-order valence-electron chi connectivity index (χ2n) is 5.95. The fraction of sp³-hybridized carbons (Fsp3) is 0.158. The Morgan fingerprint density at radius 3 is 2.67 bits per heavy atom. The molecule has 120 valence electrons. The molecule has 2 N–H and O–H groups in total. The third-order valence-corrected chi connectivity index (χ3v) is 4.52. The highest BCUT2D eigenvalue weighted by Gasteiger charge is 2.25. The predicted molar refractivity (Wildman–Crippen MR) is 99.7 cm³/mol. The molecule has 0 atom stereocenters. The van der Waals surface area contributed by atoms with Gasteiger partial charge in [0.2, 0.25) is 0 Å². The zero-order valence-corrected chi connectivity index (χ0v) is 14.5. The Balaban J connectivity index is 1.83. The number of halogens is 1. The van der Waals surface area contributed by atoms with Crippen LogP contribution in [-0.4, -0.2) is 16.9 Å². The van der Waals surface area contributed by atoms with Crippen LogP contribution in [0.1, 0.15) is 23.2 Å². The summed E-state index contributed by atoms with van der Waals surface area (Å²) >= 11 is 3.51. The first-order valence-electron chi connectivity index (χ1n) is 7.92. The number of hydrogen-bond acceptors (Lipinski definition) is 3. The van der Waals surface area contributed by atoms with Gasteiger partial charge in [-0.3, -0.25) is 9.78 Å². The second-order valence-corrected chi connectivity index (χ2v) is 6.86. The summed E-state index contributed by atoms with van der Waals surface area (Å²) in [6.45, 7) is 0. The molecule has 3 aromatic rings. The molecule has 4 rings (SSSR count). The van der Waals surface area contributed by atoms with E-state index in [-0.39, 0.29) is 5.91 Å². The zero-order chi connectivity index (χ0) is 16.5. The van der Waals surface area contributed by atoms with E-state index in [0.717, 1.165) is 39.6 Å². The summed E-state index contributed by atoms with van der Waals surface area (Å²) < 4.78 is 0.952. The molecular weight excluding hydrogens is 366 g/mol. The number of rotatable bonds is 4. The zero-order valence-electron chi connectivity index (χ0n) is 12.9. The van der Waals surface area contributed by atoms with Crippen molar-refractivity contribution in [1.29, 1.82) is 0 Å². The van der Waals surface area contributed by atoms with Crippen LogP contribution in [0.25, 0.3) is 10.9 Å². The average Bonchev–Trinajstić information content (AvgIpc) is 3.40. The van der Waals surface area contributed by atoms with Gasteiger partial charge in [0.05, 0.1) is 16.8 Å². The third-order valence-electron chi connectivity index (χ3n) is 4.03. The van der Waals surface area contributed by atoms with Gasteiger partial charge in [-0.05, 0) is 43.2 Å². The Morgan fingerprint density at radius 2 is 1.92 bits per heavy atom. The summed E-state index contributed by atoms with van der Waals surface area (Å²) in [5.41, 5.74) is 3.13.